The minimum atomic E-state index is -0.625. The second-order valence-corrected chi connectivity index (χ2v) is 8.88. The Morgan fingerprint density at radius 1 is 1.27 bits per heavy atom. The summed E-state index contributed by atoms with van der Waals surface area (Å²) >= 11 is 0. The lowest BCUT2D eigenvalue weighted by Crippen LogP contribution is -2.30. The lowest BCUT2D eigenvalue weighted by atomic mass is 9.87. The van der Waals surface area contributed by atoms with Crippen molar-refractivity contribution in [2.24, 2.45) is 0 Å². The van der Waals surface area contributed by atoms with Gasteiger partial charge in [0, 0.05) is 12.3 Å². The summed E-state index contributed by atoms with van der Waals surface area (Å²) in [4.78, 5) is 20.6. The third kappa shape index (κ3) is 4.49. The molecule has 1 amide bonds. The van der Waals surface area contributed by atoms with Crippen molar-refractivity contribution in [3.63, 3.8) is 0 Å². The monoisotopic (exact) mass is 407 g/mol. The number of hydrogen-bond acceptors (Lipinski definition) is 4. The van der Waals surface area contributed by atoms with Crippen LogP contribution < -0.4 is 10.1 Å². The van der Waals surface area contributed by atoms with E-state index in [9.17, 15) is 4.79 Å². The summed E-state index contributed by atoms with van der Waals surface area (Å²) in [5.41, 5.74) is 3.63. The Morgan fingerprint density at radius 2 is 2.10 bits per heavy atom. The second-order valence-electron chi connectivity index (χ2n) is 8.88. The van der Waals surface area contributed by atoms with Gasteiger partial charge in [-0.25, -0.2) is 4.98 Å². The van der Waals surface area contributed by atoms with E-state index in [0.717, 1.165) is 36.3 Å². The number of rotatable bonds is 5. The first-order valence-electron chi connectivity index (χ1n) is 10.5. The van der Waals surface area contributed by atoms with Crippen LogP contribution in [0.1, 0.15) is 58.0 Å². The van der Waals surface area contributed by atoms with Crippen molar-refractivity contribution in [2.75, 3.05) is 11.9 Å². The van der Waals surface area contributed by atoms with Crippen LogP contribution in [0.3, 0.4) is 0 Å². The molecular formula is C24H29N3O3. The fourth-order valence-electron chi connectivity index (χ4n) is 3.59. The minimum absolute atomic E-state index is 0.0206. The molecule has 0 radical (unpaired) electrons. The summed E-state index contributed by atoms with van der Waals surface area (Å²) in [6.45, 7) is 8.98. The number of carbonyl (C=O) groups excluding carboxylic acids is 1. The van der Waals surface area contributed by atoms with Crippen molar-refractivity contribution in [1.82, 2.24) is 9.97 Å². The van der Waals surface area contributed by atoms with Gasteiger partial charge >= 0.3 is 0 Å². The van der Waals surface area contributed by atoms with E-state index in [0.29, 0.717) is 11.4 Å². The molecule has 0 bridgehead atoms. The number of nitrogens with zero attached hydrogens (tertiary/aromatic N) is 1. The van der Waals surface area contributed by atoms with Gasteiger partial charge in [0.2, 0.25) is 0 Å². The Balaban J connectivity index is 1.43. The van der Waals surface area contributed by atoms with Crippen LogP contribution in [0.5, 0.6) is 5.75 Å². The number of ether oxygens (including phenoxy) is 2. The third-order valence-electron chi connectivity index (χ3n) is 5.38. The van der Waals surface area contributed by atoms with E-state index in [1.165, 1.54) is 5.56 Å². The normalized spacial score (nSPS) is 17.8. The molecule has 2 atom stereocenters. The van der Waals surface area contributed by atoms with Crippen LogP contribution in [0.15, 0.2) is 42.5 Å². The molecule has 1 saturated heterocycles. The van der Waals surface area contributed by atoms with Crippen LogP contribution in [-0.2, 0) is 14.9 Å². The summed E-state index contributed by atoms with van der Waals surface area (Å²) in [6, 6.07) is 13.5. The van der Waals surface area contributed by atoms with Crippen LogP contribution in [-0.4, -0.2) is 28.6 Å². The molecule has 158 valence electrons. The highest BCUT2D eigenvalue weighted by Crippen LogP contribution is 2.29. The van der Waals surface area contributed by atoms with Gasteiger partial charge in [0.1, 0.15) is 17.7 Å². The predicted molar refractivity (Wildman–Crippen MR) is 118 cm³/mol. The fraction of sp³-hybridized carbons (Fsp3) is 0.417. The molecule has 1 aromatic heterocycles. The molecule has 1 aliphatic heterocycles. The van der Waals surface area contributed by atoms with E-state index < -0.39 is 6.10 Å². The topological polar surface area (TPSA) is 76.2 Å². The zero-order chi connectivity index (χ0) is 21.3. The summed E-state index contributed by atoms with van der Waals surface area (Å²) < 4.78 is 11.6. The Hall–Kier alpha value is -2.86. The van der Waals surface area contributed by atoms with E-state index in [1.54, 1.807) is 6.92 Å². The number of benzene rings is 2. The molecule has 30 heavy (non-hydrogen) atoms. The number of aromatic nitrogens is 2. The number of nitrogens with one attached hydrogen (secondary N) is 2. The van der Waals surface area contributed by atoms with Crippen molar-refractivity contribution in [3.8, 4) is 5.75 Å². The quantitative estimate of drug-likeness (QED) is 0.616. The van der Waals surface area contributed by atoms with Crippen LogP contribution in [0.25, 0.3) is 11.0 Å². The van der Waals surface area contributed by atoms with Gasteiger partial charge in [0.15, 0.2) is 6.10 Å². The van der Waals surface area contributed by atoms with Crippen molar-refractivity contribution in [3.05, 3.63) is 53.9 Å². The first-order valence-corrected chi connectivity index (χ1v) is 10.5. The maximum atomic E-state index is 12.7. The molecule has 0 unspecified atom stereocenters. The summed E-state index contributed by atoms with van der Waals surface area (Å²) in [5.74, 6) is 1.34. The van der Waals surface area contributed by atoms with Gasteiger partial charge in [0.25, 0.3) is 5.91 Å². The van der Waals surface area contributed by atoms with Crippen molar-refractivity contribution in [2.45, 2.75) is 58.2 Å². The maximum absolute atomic E-state index is 12.7. The summed E-state index contributed by atoms with van der Waals surface area (Å²) in [7, 11) is 0. The van der Waals surface area contributed by atoms with Gasteiger partial charge in [-0.1, -0.05) is 32.9 Å². The number of imidazole rings is 1. The third-order valence-corrected chi connectivity index (χ3v) is 5.38. The minimum Gasteiger partial charge on any atom is -0.481 e. The molecule has 1 fully saturated rings. The molecule has 6 heteroatoms. The Labute approximate surface area is 177 Å². The Kier molecular flexibility index (Phi) is 5.52. The predicted octanol–water partition coefficient (Wildman–Crippen LogP) is 5.12. The van der Waals surface area contributed by atoms with Gasteiger partial charge in [-0.15, -0.1) is 0 Å². The number of hydrogen-bond donors (Lipinski definition) is 2. The van der Waals surface area contributed by atoms with E-state index >= 15 is 0 Å². The van der Waals surface area contributed by atoms with Crippen LogP contribution in [0.4, 0.5) is 5.69 Å². The molecule has 4 rings (SSSR count). The summed E-state index contributed by atoms with van der Waals surface area (Å²) in [5, 5.41) is 2.93. The number of anilines is 1. The molecule has 0 saturated carbocycles. The van der Waals surface area contributed by atoms with Gasteiger partial charge in [-0.05, 0) is 61.1 Å². The van der Waals surface area contributed by atoms with Crippen LogP contribution >= 0.6 is 0 Å². The molecule has 0 spiro atoms. The molecule has 2 N–H and O–H groups in total. The molecular weight excluding hydrogens is 378 g/mol. The SMILES string of the molecule is C[C@@H](Oc1cccc(C(C)(C)C)c1)C(=O)Nc1ccc2nc([C@H]3CCCO3)[nH]c2c1. The van der Waals surface area contributed by atoms with Crippen LogP contribution in [0, 0.1) is 0 Å². The summed E-state index contributed by atoms with van der Waals surface area (Å²) in [6.07, 6.45) is 1.45. The highest BCUT2D eigenvalue weighted by molar-refractivity contribution is 5.95. The zero-order valence-electron chi connectivity index (χ0n) is 18.0. The van der Waals surface area contributed by atoms with Crippen molar-refractivity contribution < 1.29 is 14.3 Å². The maximum Gasteiger partial charge on any atom is 0.265 e. The lowest BCUT2D eigenvalue weighted by molar-refractivity contribution is -0.122. The number of H-pyrrole nitrogens is 1. The molecule has 2 aromatic carbocycles. The van der Waals surface area contributed by atoms with Crippen molar-refractivity contribution >= 4 is 22.6 Å². The second kappa shape index (κ2) is 8.11. The molecule has 2 heterocycles. The highest BCUT2D eigenvalue weighted by Gasteiger charge is 2.22. The molecule has 0 aliphatic carbocycles. The fourth-order valence-corrected chi connectivity index (χ4v) is 3.59. The van der Waals surface area contributed by atoms with E-state index in [-0.39, 0.29) is 17.4 Å². The number of carbonyl (C=O) groups is 1. The molecule has 6 nitrogen and oxygen atoms in total. The Morgan fingerprint density at radius 3 is 2.83 bits per heavy atom. The van der Waals surface area contributed by atoms with E-state index in [4.69, 9.17) is 9.47 Å². The number of aromatic amines is 1. The Bertz CT molecular complexity index is 1050. The smallest absolute Gasteiger partial charge is 0.265 e. The highest BCUT2D eigenvalue weighted by atomic mass is 16.5. The van der Waals surface area contributed by atoms with E-state index in [1.807, 2.05) is 36.4 Å². The van der Waals surface area contributed by atoms with Gasteiger partial charge in [0.05, 0.1) is 11.0 Å². The van der Waals surface area contributed by atoms with Gasteiger partial charge < -0.3 is 19.8 Å². The van der Waals surface area contributed by atoms with Gasteiger partial charge in [-0.3, -0.25) is 4.79 Å². The average Bonchev–Trinajstić information content (AvgIpc) is 3.36. The zero-order valence-corrected chi connectivity index (χ0v) is 18.0. The molecule has 3 aromatic rings. The number of amides is 1. The first kappa shape index (κ1) is 20.4. The first-order chi connectivity index (χ1) is 14.3. The largest absolute Gasteiger partial charge is 0.481 e. The lowest BCUT2D eigenvalue weighted by Gasteiger charge is -2.21. The molecule has 1 aliphatic rings. The average molecular weight is 408 g/mol. The van der Waals surface area contributed by atoms with Crippen LogP contribution in [0.2, 0.25) is 0 Å². The van der Waals surface area contributed by atoms with Crippen molar-refractivity contribution in [1.29, 1.82) is 0 Å². The number of fused-ring (bicyclic) bond motifs is 1. The van der Waals surface area contributed by atoms with Gasteiger partial charge in [-0.2, -0.15) is 0 Å². The van der Waals surface area contributed by atoms with E-state index in [2.05, 4.69) is 42.1 Å². The standard InChI is InChI=1S/C24H29N3O3/c1-15(30-18-8-5-7-16(13-18)24(2,3)4)23(28)25-17-10-11-19-20(14-17)27-22(26-19)21-9-6-12-29-21/h5,7-8,10-11,13-15,21H,6,9,12H2,1-4H3,(H,25,28)(H,26,27)/t15-,21-/m1/s1.